The zero-order chi connectivity index (χ0) is 21.3. The molecule has 0 bridgehead atoms. The van der Waals surface area contributed by atoms with Crippen molar-refractivity contribution < 1.29 is 13.2 Å². The molecule has 0 unspecified atom stereocenters. The van der Waals surface area contributed by atoms with E-state index in [0.717, 1.165) is 24.0 Å². The lowest BCUT2D eigenvalue weighted by Gasteiger charge is -2.43. The Bertz CT molecular complexity index is 837. The number of likely N-dealkylation sites (tertiary alicyclic amines) is 1. The second-order valence-corrected chi connectivity index (χ2v) is 10.7. The lowest BCUT2D eigenvalue weighted by molar-refractivity contribution is -0.143. The topological polar surface area (TPSA) is 60.9 Å². The highest BCUT2D eigenvalue weighted by molar-refractivity contribution is 7.89. The molecule has 2 heterocycles. The van der Waals surface area contributed by atoms with E-state index in [9.17, 15) is 13.2 Å². The van der Waals surface area contributed by atoms with Crippen molar-refractivity contribution in [2.75, 3.05) is 26.2 Å². The average Bonchev–Trinajstić information content (AvgIpc) is 2.69. The summed E-state index contributed by atoms with van der Waals surface area (Å²) in [6.45, 7) is 12.1. The van der Waals surface area contributed by atoms with Gasteiger partial charge in [-0.3, -0.25) is 9.69 Å². The molecule has 0 N–H and O–H groups in total. The van der Waals surface area contributed by atoms with Gasteiger partial charge in [-0.25, -0.2) is 8.42 Å². The molecule has 2 saturated heterocycles. The zero-order valence-corrected chi connectivity index (χ0v) is 19.2. The van der Waals surface area contributed by atoms with Gasteiger partial charge < -0.3 is 4.90 Å². The molecule has 1 aromatic carbocycles. The standard InChI is InChI=1S/C22H35N3O3S/c1-16-9-10-21(15-17(16)2)29(27,28)24-13-11-23(12-14-24)20(5)22(26)25-18(3)7-6-8-19(25)4/h9-10,15,18-20H,6-8,11-14H2,1-5H3/t18-,19-,20+/m0/s1. The molecule has 0 spiro atoms. The lowest BCUT2D eigenvalue weighted by atomic mass is 9.96. The monoisotopic (exact) mass is 421 g/mol. The Balaban J connectivity index is 1.65. The summed E-state index contributed by atoms with van der Waals surface area (Å²) in [6.07, 6.45) is 3.30. The Kier molecular flexibility index (Phi) is 6.70. The number of nitrogens with zero attached hydrogens (tertiary/aromatic N) is 3. The molecule has 29 heavy (non-hydrogen) atoms. The molecule has 0 saturated carbocycles. The minimum atomic E-state index is -3.50. The molecule has 2 aliphatic heterocycles. The second kappa shape index (κ2) is 8.74. The molecule has 7 heteroatoms. The van der Waals surface area contributed by atoms with Gasteiger partial charge in [0.25, 0.3) is 0 Å². The highest BCUT2D eigenvalue weighted by Gasteiger charge is 2.36. The van der Waals surface area contributed by atoms with Crippen LogP contribution in [0.1, 0.15) is 51.2 Å². The third kappa shape index (κ3) is 4.52. The van der Waals surface area contributed by atoms with Crippen LogP contribution in [-0.4, -0.2) is 72.7 Å². The summed E-state index contributed by atoms with van der Waals surface area (Å²) in [7, 11) is -3.50. The Labute approximate surface area is 175 Å². The Hall–Kier alpha value is -1.44. The summed E-state index contributed by atoms with van der Waals surface area (Å²) in [5.74, 6) is 0.176. The summed E-state index contributed by atoms with van der Waals surface area (Å²) in [5, 5.41) is 0. The molecule has 0 radical (unpaired) electrons. The van der Waals surface area contributed by atoms with Crippen LogP contribution in [-0.2, 0) is 14.8 Å². The number of rotatable bonds is 4. The van der Waals surface area contributed by atoms with Gasteiger partial charge in [0.05, 0.1) is 10.9 Å². The predicted octanol–water partition coefficient (Wildman–Crippen LogP) is 2.79. The van der Waals surface area contributed by atoms with Crippen LogP contribution >= 0.6 is 0 Å². The van der Waals surface area contributed by atoms with E-state index < -0.39 is 10.0 Å². The van der Waals surface area contributed by atoms with Crippen molar-refractivity contribution in [3.05, 3.63) is 29.3 Å². The lowest BCUT2D eigenvalue weighted by Crippen LogP contribution is -2.58. The van der Waals surface area contributed by atoms with E-state index in [2.05, 4.69) is 18.7 Å². The van der Waals surface area contributed by atoms with Crippen LogP contribution in [0.25, 0.3) is 0 Å². The first-order valence-corrected chi connectivity index (χ1v) is 12.2. The number of hydrogen-bond acceptors (Lipinski definition) is 4. The van der Waals surface area contributed by atoms with E-state index in [1.165, 1.54) is 6.42 Å². The van der Waals surface area contributed by atoms with Crippen molar-refractivity contribution in [2.45, 2.75) is 76.9 Å². The van der Waals surface area contributed by atoms with Crippen LogP contribution in [0.2, 0.25) is 0 Å². The summed E-state index contributed by atoms with van der Waals surface area (Å²) in [6, 6.07) is 5.64. The van der Waals surface area contributed by atoms with Crippen molar-refractivity contribution in [1.29, 1.82) is 0 Å². The van der Waals surface area contributed by atoms with Crippen molar-refractivity contribution in [1.82, 2.24) is 14.1 Å². The first-order chi connectivity index (χ1) is 13.6. The molecule has 6 nitrogen and oxygen atoms in total. The van der Waals surface area contributed by atoms with Gasteiger partial charge in [-0.05, 0) is 77.1 Å². The van der Waals surface area contributed by atoms with E-state index in [-0.39, 0.29) is 24.0 Å². The van der Waals surface area contributed by atoms with E-state index in [4.69, 9.17) is 0 Å². The summed E-state index contributed by atoms with van der Waals surface area (Å²) >= 11 is 0. The number of aryl methyl sites for hydroxylation is 2. The molecule has 0 aromatic heterocycles. The number of hydrogen-bond donors (Lipinski definition) is 0. The fourth-order valence-electron chi connectivity index (χ4n) is 4.58. The van der Waals surface area contributed by atoms with Gasteiger partial charge in [0.15, 0.2) is 0 Å². The van der Waals surface area contributed by atoms with Crippen LogP contribution in [0.5, 0.6) is 0 Å². The Morgan fingerprint density at radius 3 is 2.14 bits per heavy atom. The van der Waals surface area contributed by atoms with Gasteiger partial charge >= 0.3 is 0 Å². The molecule has 2 fully saturated rings. The fraction of sp³-hybridized carbons (Fsp3) is 0.682. The number of benzene rings is 1. The van der Waals surface area contributed by atoms with Crippen LogP contribution in [0.3, 0.4) is 0 Å². The van der Waals surface area contributed by atoms with Gasteiger partial charge in [0.1, 0.15) is 0 Å². The number of piperidine rings is 1. The van der Waals surface area contributed by atoms with Gasteiger partial charge in [0.2, 0.25) is 15.9 Å². The molecule has 1 amide bonds. The van der Waals surface area contributed by atoms with E-state index in [0.29, 0.717) is 31.1 Å². The molecule has 3 rings (SSSR count). The first-order valence-electron chi connectivity index (χ1n) is 10.8. The van der Waals surface area contributed by atoms with Crippen LogP contribution in [0, 0.1) is 13.8 Å². The normalized spacial score (nSPS) is 25.8. The molecule has 1 aromatic rings. The van der Waals surface area contributed by atoms with Crippen LogP contribution < -0.4 is 0 Å². The first kappa shape index (κ1) is 22.2. The van der Waals surface area contributed by atoms with Crippen molar-refractivity contribution >= 4 is 15.9 Å². The van der Waals surface area contributed by atoms with Gasteiger partial charge in [-0.2, -0.15) is 4.31 Å². The number of amides is 1. The highest BCUT2D eigenvalue weighted by Crippen LogP contribution is 2.25. The maximum Gasteiger partial charge on any atom is 0.243 e. The summed E-state index contributed by atoms with van der Waals surface area (Å²) in [4.78, 5) is 17.7. The number of sulfonamides is 1. The summed E-state index contributed by atoms with van der Waals surface area (Å²) < 4.78 is 27.6. The predicted molar refractivity (Wildman–Crippen MR) is 115 cm³/mol. The van der Waals surface area contributed by atoms with Gasteiger partial charge in [-0.1, -0.05) is 6.07 Å². The average molecular weight is 422 g/mol. The molecular weight excluding hydrogens is 386 g/mol. The quantitative estimate of drug-likeness (QED) is 0.750. The van der Waals surface area contributed by atoms with E-state index in [1.807, 2.05) is 31.7 Å². The Morgan fingerprint density at radius 2 is 1.59 bits per heavy atom. The van der Waals surface area contributed by atoms with Gasteiger partial charge in [-0.15, -0.1) is 0 Å². The number of carbonyl (C=O) groups is 1. The molecule has 3 atom stereocenters. The van der Waals surface area contributed by atoms with Crippen molar-refractivity contribution in [3.63, 3.8) is 0 Å². The van der Waals surface area contributed by atoms with E-state index >= 15 is 0 Å². The number of piperazine rings is 1. The molecule has 0 aliphatic carbocycles. The smallest absolute Gasteiger partial charge is 0.243 e. The minimum Gasteiger partial charge on any atom is -0.336 e. The fourth-order valence-corrected chi connectivity index (χ4v) is 6.09. The molecule has 162 valence electrons. The highest BCUT2D eigenvalue weighted by atomic mass is 32.2. The minimum absolute atomic E-state index is 0.176. The maximum atomic E-state index is 13.1. The largest absolute Gasteiger partial charge is 0.336 e. The van der Waals surface area contributed by atoms with Gasteiger partial charge in [0, 0.05) is 38.3 Å². The van der Waals surface area contributed by atoms with Crippen molar-refractivity contribution in [2.24, 2.45) is 0 Å². The zero-order valence-electron chi connectivity index (χ0n) is 18.4. The molecular formula is C22H35N3O3S. The van der Waals surface area contributed by atoms with Crippen molar-refractivity contribution in [3.8, 4) is 0 Å². The van der Waals surface area contributed by atoms with Crippen LogP contribution in [0.4, 0.5) is 0 Å². The summed E-state index contributed by atoms with van der Waals surface area (Å²) in [5.41, 5.74) is 2.07. The Morgan fingerprint density at radius 1 is 1.00 bits per heavy atom. The third-order valence-corrected chi connectivity index (χ3v) is 8.64. The number of carbonyl (C=O) groups excluding carboxylic acids is 1. The van der Waals surface area contributed by atoms with Crippen LogP contribution in [0.15, 0.2) is 23.1 Å². The third-order valence-electron chi connectivity index (χ3n) is 6.74. The SMILES string of the molecule is Cc1ccc(S(=O)(=O)N2CCN([C@H](C)C(=O)N3[C@@H](C)CCC[C@@H]3C)CC2)cc1C. The maximum absolute atomic E-state index is 13.1. The molecule has 2 aliphatic rings. The van der Waals surface area contributed by atoms with E-state index in [1.54, 1.807) is 16.4 Å². The second-order valence-electron chi connectivity index (χ2n) is 8.74.